The van der Waals surface area contributed by atoms with Crippen LogP contribution in [-0.4, -0.2) is 62.5 Å². The van der Waals surface area contributed by atoms with Crippen LogP contribution >= 0.6 is 11.6 Å². The molecule has 0 aliphatic carbocycles. The molecule has 1 fully saturated rings. The number of rotatable bonds is 4. The third-order valence-electron chi connectivity index (χ3n) is 5.39. The molecule has 4 rings (SSSR count). The number of amides is 2. The fourth-order valence-electron chi connectivity index (χ4n) is 3.59. The Kier molecular flexibility index (Phi) is 5.91. The number of nitro benzene ring substituents is 1. The number of halogens is 1. The molecule has 10 heteroatoms. The Bertz CT molecular complexity index is 1170. The van der Waals surface area contributed by atoms with Gasteiger partial charge in [-0.05, 0) is 42.5 Å². The number of nitrogens with zero attached hydrogens (tertiary/aromatic N) is 5. The lowest BCUT2D eigenvalue weighted by Gasteiger charge is -2.34. The average Bonchev–Trinajstić information content (AvgIpc) is 3.24. The van der Waals surface area contributed by atoms with Crippen molar-refractivity contribution in [2.75, 3.05) is 26.2 Å². The zero-order chi connectivity index (χ0) is 22.8. The van der Waals surface area contributed by atoms with E-state index in [4.69, 9.17) is 11.6 Å². The van der Waals surface area contributed by atoms with E-state index in [1.54, 1.807) is 56.9 Å². The summed E-state index contributed by atoms with van der Waals surface area (Å²) in [7, 11) is 0. The summed E-state index contributed by atoms with van der Waals surface area (Å²) in [5.41, 5.74) is 2.16. The molecule has 0 atom stereocenters. The first-order valence-electron chi connectivity index (χ1n) is 9.99. The SMILES string of the molecule is CC(=O)N1CCN(C(=O)c2cc(-c3ccc([N+](=O)[O-])cc3)nn2-c2ccc(Cl)cc2)CC1. The van der Waals surface area contributed by atoms with Gasteiger partial charge in [-0.15, -0.1) is 0 Å². The Morgan fingerprint density at radius 3 is 2.12 bits per heavy atom. The molecular formula is C22H20ClN5O4. The van der Waals surface area contributed by atoms with E-state index in [-0.39, 0.29) is 17.5 Å². The highest BCUT2D eigenvalue weighted by Crippen LogP contribution is 2.25. The molecule has 32 heavy (non-hydrogen) atoms. The van der Waals surface area contributed by atoms with Crippen LogP contribution in [0.2, 0.25) is 5.02 Å². The minimum Gasteiger partial charge on any atom is -0.339 e. The highest BCUT2D eigenvalue weighted by molar-refractivity contribution is 6.30. The van der Waals surface area contributed by atoms with Crippen molar-refractivity contribution >= 4 is 29.1 Å². The predicted octanol–water partition coefficient (Wildman–Crippen LogP) is 3.41. The fraction of sp³-hybridized carbons (Fsp3) is 0.227. The number of carbonyl (C=O) groups is 2. The highest BCUT2D eigenvalue weighted by atomic mass is 35.5. The van der Waals surface area contributed by atoms with Gasteiger partial charge in [0, 0.05) is 55.8 Å². The van der Waals surface area contributed by atoms with Crippen LogP contribution in [-0.2, 0) is 4.79 Å². The van der Waals surface area contributed by atoms with Crippen LogP contribution in [0.15, 0.2) is 54.6 Å². The Balaban J connectivity index is 1.70. The van der Waals surface area contributed by atoms with Gasteiger partial charge < -0.3 is 9.80 Å². The summed E-state index contributed by atoms with van der Waals surface area (Å²) < 4.78 is 1.55. The molecule has 3 aromatic rings. The van der Waals surface area contributed by atoms with Crippen LogP contribution in [0.5, 0.6) is 0 Å². The van der Waals surface area contributed by atoms with Crippen molar-refractivity contribution in [1.29, 1.82) is 0 Å². The van der Waals surface area contributed by atoms with Crippen molar-refractivity contribution in [1.82, 2.24) is 19.6 Å². The number of piperazine rings is 1. The molecule has 1 aliphatic rings. The van der Waals surface area contributed by atoms with Crippen molar-refractivity contribution in [2.45, 2.75) is 6.92 Å². The molecule has 2 amide bonds. The first-order valence-corrected chi connectivity index (χ1v) is 10.4. The number of benzene rings is 2. The molecule has 1 aliphatic heterocycles. The normalized spacial score (nSPS) is 13.8. The van der Waals surface area contributed by atoms with Gasteiger partial charge >= 0.3 is 0 Å². The van der Waals surface area contributed by atoms with E-state index >= 15 is 0 Å². The first kappa shape index (κ1) is 21.5. The van der Waals surface area contributed by atoms with E-state index in [2.05, 4.69) is 5.10 Å². The maximum absolute atomic E-state index is 13.4. The van der Waals surface area contributed by atoms with Crippen molar-refractivity contribution in [3.63, 3.8) is 0 Å². The van der Waals surface area contributed by atoms with E-state index in [0.29, 0.717) is 53.8 Å². The maximum Gasteiger partial charge on any atom is 0.272 e. The van der Waals surface area contributed by atoms with Gasteiger partial charge in [-0.25, -0.2) is 4.68 Å². The Morgan fingerprint density at radius 2 is 1.56 bits per heavy atom. The summed E-state index contributed by atoms with van der Waals surface area (Å²) >= 11 is 6.01. The summed E-state index contributed by atoms with van der Waals surface area (Å²) in [6.45, 7) is 3.33. The monoisotopic (exact) mass is 453 g/mol. The molecule has 0 radical (unpaired) electrons. The van der Waals surface area contributed by atoms with Gasteiger partial charge in [-0.3, -0.25) is 19.7 Å². The van der Waals surface area contributed by atoms with Crippen LogP contribution < -0.4 is 0 Å². The summed E-state index contributed by atoms with van der Waals surface area (Å²) in [6, 6.07) is 14.6. The zero-order valence-corrected chi connectivity index (χ0v) is 18.0. The molecule has 0 bridgehead atoms. The fourth-order valence-corrected chi connectivity index (χ4v) is 3.72. The lowest BCUT2D eigenvalue weighted by molar-refractivity contribution is -0.384. The van der Waals surface area contributed by atoms with E-state index in [1.165, 1.54) is 19.1 Å². The number of carbonyl (C=O) groups excluding carboxylic acids is 2. The largest absolute Gasteiger partial charge is 0.339 e. The zero-order valence-electron chi connectivity index (χ0n) is 17.3. The summed E-state index contributed by atoms with van der Waals surface area (Å²) in [6.07, 6.45) is 0. The van der Waals surface area contributed by atoms with Gasteiger partial charge in [0.15, 0.2) is 0 Å². The van der Waals surface area contributed by atoms with E-state index in [9.17, 15) is 19.7 Å². The van der Waals surface area contributed by atoms with Crippen molar-refractivity contribution in [2.24, 2.45) is 0 Å². The first-order chi connectivity index (χ1) is 15.3. The van der Waals surface area contributed by atoms with Gasteiger partial charge in [-0.2, -0.15) is 5.10 Å². The van der Waals surface area contributed by atoms with Crippen LogP contribution in [0.25, 0.3) is 16.9 Å². The van der Waals surface area contributed by atoms with Crippen molar-refractivity contribution in [3.05, 3.63) is 75.4 Å². The molecule has 9 nitrogen and oxygen atoms in total. The molecule has 0 unspecified atom stereocenters. The second kappa shape index (κ2) is 8.80. The van der Waals surface area contributed by atoms with Gasteiger partial charge in [0.25, 0.3) is 11.6 Å². The van der Waals surface area contributed by atoms with Gasteiger partial charge in [0.2, 0.25) is 5.91 Å². The molecule has 2 aromatic carbocycles. The Hall–Kier alpha value is -3.72. The average molecular weight is 454 g/mol. The van der Waals surface area contributed by atoms with E-state index in [1.807, 2.05) is 0 Å². The van der Waals surface area contributed by atoms with Crippen LogP contribution in [0.3, 0.4) is 0 Å². The molecule has 1 saturated heterocycles. The number of hydrogen-bond acceptors (Lipinski definition) is 5. The van der Waals surface area contributed by atoms with Crippen LogP contribution in [0.4, 0.5) is 5.69 Å². The molecule has 0 spiro atoms. The van der Waals surface area contributed by atoms with Gasteiger partial charge in [0.1, 0.15) is 5.69 Å². The number of nitro groups is 1. The molecule has 0 saturated carbocycles. The molecule has 2 heterocycles. The third-order valence-corrected chi connectivity index (χ3v) is 5.64. The predicted molar refractivity (Wildman–Crippen MR) is 119 cm³/mol. The van der Waals surface area contributed by atoms with Crippen molar-refractivity contribution < 1.29 is 14.5 Å². The quantitative estimate of drug-likeness (QED) is 0.445. The summed E-state index contributed by atoms with van der Waals surface area (Å²) in [4.78, 5) is 38.9. The molecule has 0 N–H and O–H groups in total. The lowest BCUT2D eigenvalue weighted by Crippen LogP contribution is -2.50. The summed E-state index contributed by atoms with van der Waals surface area (Å²) in [5.74, 6) is -0.215. The second-order valence-corrected chi connectivity index (χ2v) is 7.84. The lowest BCUT2D eigenvalue weighted by atomic mass is 10.1. The standard InChI is InChI=1S/C22H20ClN5O4/c1-15(29)25-10-12-26(13-11-25)22(30)21-14-20(16-2-6-19(7-3-16)28(31)32)24-27(21)18-8-4-17(23)5-9-18/h2-9,14H,10-13H2,1H3. The Labute approximate surface area is 189 Å². The van der Waals surface area contributed by atoms with Gasteiger partial charge in [0.05, 0.1) is 16.3 Å². The van der Waals surface area contributed by atoms with Gasteiger partial charge in [-0.1, -0.05) is 11.6 Å². The second-order valence-electron chi connectivity index (χ2n) is 7.41. The maximum atomic E-state index is 13.4. The molecule has 164 valence electrons. The van der Waals surface area contributed by atoms with Crippen LogP contribution in [0, 0.1) is 10.1 Å². The van der Waals surface area contributed by atoms with E-state index in [0.717, 1.165) is 0 Å². The smallest absolute Gasteiger partial charge is 0.272 e. The number of aromatic nitrogens is 2. The minimum absolute atomic E-state index is 0.0104. The van der Waals surface area contributed by atoms with E-state index < -0.39 is 4.92 Å². The summed E-state index contributed by atoms with van der Waals surface area (Å²) in [5, 5.41) is 16.1. The van der Waals surface area contributed by atoms with Crippen LogP contribution in [0.1, 0.15) is 17.4 Å². The number of hydrogen-bond donors (Lipinski definition) is 0. The third kappa shape index (κ3) is 4.33. The minimum atomic E-state index is -0.467. The highest BCUT2D eigenvalue weighted by Gasteiger charge is 2.27. The number of non-ortho nitro benzene ring substituents is 1. The molecule has 1 aromatic heterocycles. The topological polar surface area (TPSA) is 102 Å². The van der Waals surface area contributed by atoms with Crippen molar-refractivity contribution in [3.8, 4) is 16.9 Å². The Morgan fingerprint density at radius 1 is 0.969 bits per heavy atom. The molecular weight excluding hydrogens is 434 g/mol.